The van der Waals surface area contributed by atoms with Gasteiger partial charge in [-0.15, -0.1) is 0 Å². The van der Waals surface area contributed by atoms with Crippen molar-refractivity contribution in [3.05, 3.63) is 59.4 Å². The zero-order valence-electron chi connectivity index (χ0n) is 12.4. The van der Waals surface area contributed by atoms with Gasteiger partial charge in [0, 0.05) is 28.6 Å². The van der Waals surface area contributed by atoms with E-state index in [0.29, 0.717) is 16.8 Å². The number of carbonyl (C=O) groups is 2. The van der Waals surface area contributed by atoms with E-state index in [9.17, 15) is 9.59 Å². The van der Waals surface area contributed by atoms with Gasteiger partial charge in [-0.1, -0.05) is 32.9 Å². The van der Waals surface area contributed by atoms with E-state index in [1.807, 2.05) is 6.07 Å². The maximum atomic E-state index is 12.1. The van der Waals surface area contributed by atoms with Crippen LogP contribution >= 0.6 is 0 Å². The number of benzene rings is 1. The van der Waals surface area contributed by atoms with Crippen molar-refractivity contribution in [2.24, 2.45) is 0 Å². The summed E-state index contributed by atoms with van der Waals surface area (Å²) >= 11 is 0. The maximum Gasteiger partial charge on any atom is 0.257 e. The fourth-order valence-corrected chi connectivity index (χ4v) is 1.86. The third-order valence-corrected chi connectivity index (χ3v) is 3.07. The molecule has 1 aromatic carbocycles. The zero-order valence-corrected chi connectivity index (χ0v) is 12.4. The number of carbonyl (C=O) groups excluding carboxylic acids is 2. The standard InChI is InChI=1S/C17H18N2O2/c1-17(2,3)15-8-7-13(10-18-15)16(21)19-14-6-4-5-12(9-14)11-20/h4-11H,1-3H3,(H,19,21). The van der Waals surface area contributed by atoms with Gasteiger partial charge in [0.2, 0.25) is 0 Å². The van der Waals surface area contributed by atoms with Crippen LogP contribution in [0.15, 0.2) is 42.6 Å². The van der Waals surface area contributed by atoms with Crippen molar-refractivity contribution in [2.45, 2.75) is 26.2 Å². The van der Waals surface area contributed by atoms with Gasteiger partial charge in [-0.25, -0.2) is 0 Å². The molecule has 1 amide bonds. The van der Waals surface area contributed by atoms with Crippen molar-refractivity contribution in [3.63, 3.8) is 0 Å². The number of aldehydes is 1. The summed E-state index contributed by atoms with van der Waals surface area (Å²) in [5.41, 5.74) is 2.48. The molecule has 0 atom stereocenters. The van der Waals surface area contributed by atoms with E-state index >= 15 is 0 Å². The summed E-state index contributed by atoms with van der Waals surface area (Å²) < 4.78 is 0. The van der Waals surface area contributed by atoms with E-state index in [4.69, 9.17) is 0 Å². The molecule has 0 fully saturated rings. The summed E-state index contributed by atoms with van der Waals surface area (Å²) in [6.45, 7) is 6.21. The molecule has 4 heteroatoms. The Kier molecular flexibility index (Phi) is 4.17. The number of rotatable bonds is 3. The highest BCUT2D eigenvalue weighted by Gasteiger charge is 2.16. The van der Waals surface area contributed by atoms with Crippen molar-refractivity contribution in [1.82, 2.24) is 4.98 Å². The molecule has 0 saturated carbocycles. The molecule has 1 N–H and O–H groups in total. The predicted molar refractivity (Wildman–Crippen MR) is 82.7 cm³/mol. The topological polar surface area (TPSA) is 59.1 Å². The fraction of sp³-hybridized carbons (Fsp3) is 0.235. The monoisotopic (exact) mass is 282 g/mol. The molecule has 2 rings (SSSR count). The first kappa shape index (κ1) is 14.9. The van der Waals surface area contributed by atoms with E-state index in [1.165, 1.54) is 0 Å². The summed E-state index contributed by atoms with van der Waals surface area (Å²) in [5.74, 6) is -0.244. The molecule has 0 spiro atoms. The van der Waals surface area contributed by atoms with Crippen LogP contribution in [-0.2, 0) is 5.41 Å². The van der Waals surface area contributed by atoms with Gasteiger partial charge >= 0.3 is 0 Å². The van der Waals surface area contributed by atoms with Crippen LogP contribution in [0.25, 0.3) is 0 Å². The van der Waals surface area contributed by atoms with Crippen molar-refractivity contribution < 1.29 is 9.59 Å². The van der Waals surface area contributed by atoms with Crippen molar-refractivity contribution >= 4 is 17.9 Å². The number of pyridine rings is 1. The summed E-state index contributed by atoms with van der Waals surface area (Å²) in [5, 5.41) is 2.75. The molecule has 108 valence electrons. The summed E-state index contributed by atoms with van der Waals surface area (Å²) in [7, 11) is 0. The molecule has 1 aromatic heterocycles. The van der Waals surface area contributed by atoms with Gasteiger partial charge in [0.15, 0.2) is 0 Å². The number of hydrogen-bond donors (Lipinski definition) is 1. The van der Waals surface area contributed by atoms with E-state index in [-0.39, 0.29) is 11.3 Å². The Balaban J connectivity index is 2.15. The second kappa shape index (κ2) is 5.87. The Labute approximate surface area is 124 Å². The smallest absolute Gasteiger partial charge is 0.257 e. The lowest BCUT2D eigenvalue weighted by atomic mass is 9.91. The largest absolute Gasteiger partial charge is 0.322 e. The van der Waals surface area contributed by atoms with Crippen LogP contribution in [0, 0.1) is 0 Å². The fourth-order valence-electron chi connectivity index (χ4n) is 1.86. The first-order valence-corrected chi connectivity index (χ1v) is 6.73. The molecule has 0 aliphatic heterocycles. The molecule has 1 heterocycles. The van der Waals surface area contributed by atoms with E-state index < -0.39 is 0 Å². The van der Waals surface area contributed by atoms with Gasteiger partial charge in [-0.2, -0.15) is 0 Å². The number of amides is 1. The van der Waals surface area contributed by atoms with Gasteiger partial charge in [0.1, 0.15) is 6.29 Å². The highest BCUT2D eigenvalue weighted by Crippen LogP contribution is 2.20. The molecule has 0 radical (unpaired) electrons. The lowest BCUT2D eigenvalue weighted by Crippen LogP contribution is -2.16. The van der Waals surface area contributed by atoms with E-state index in [1.54, 1.807) is 36.5 Å². The van der Waals surface area contributed by atoms with Gasteiger partial charge in [-0.3, -0.25) is 14.6 Å². The van der Waals surface area contributed by atoms with Crippen molar-refractivity contribution in [3.8, 4) is 0 Å². The van der Waals surface area contributed by atoms with E-state index in [0.717, 1.165) is 12.0 Å². The number of anilines is 1. The van der Waals surface area contributed by atoms with Crippen molar-refractivity contribution in [2.75, 3.05) is 5.32 Å². The minimum Gasteiger partial charge on any atom is -0.322 e. The van der Waals surface area contributed by atoms with Gasteiger partial charge in [0.05, 0.1) is 5.56 Å². The average Bonchev–Trinajstić information content (AvgIpc) is 2.46. The minimum atomic E-state index is -0.244. The Morgan fingerprint density at radius 1 is 1.19 bits per heavy atom. The maximum absolute atomic E-state index is 12.1. The van der Waals surface area contributed by atoms with Gasteiger partial charge in [0.25, 0.3) is 5.91 Å². The van der Waals surface area contributed by atoms with E-state index in [2.05, 4.69) is 31.1 Å². The Morgan fingerprint density at radius 3 is 2.52 bits per heavy atom. The van der Waals surface area contributed by atoms with Gasteiger partial charge in [-0.05, 0) is 24.3 Å². The second-order valence-electron chi connectivity index (χ2n) is 5.88. The average molecular weight is 282 g/mol. The van der Waals surface area contributed by atoms with Crippen LogP contribution < -0.4 is 5.32 Å². The molecule has 0 saturated heterocycles. The Bertz CT molecular complexity index is 655. The van der Waals surface area contributed by atoms with Crippen LogP contribution in [0.4, 0.5) is 5.69 Å². The number of hydrogen-bond acceptors (Lipinski definition) is 3. The molecule has 0 bridgehead atoms. The van der Waals surface area contributed by atoms with Crippen molar-refractivity contribution in [1.29, 1.82) is 0 Å². The van der Waals surface area contributed by atoms with Gasteiger partial charge < -0.3 is 5.32 Å². The first-order valence-electron chi connectivity index (χ1n) is 6.73. The van der Waals surface area contributed by atoms with Crippen LogP contribution in [0.3, 0.4) is 0 Å². The Hall–Kier alpha value is -2.49. The molecular formula is C17H18N2O2. The lowest BCUT2D eigenvalue weighted by Gasteiger charge is -2.17. The third kappa shape index (κ3) is 3.75. The highest BCUT2D eigenvalue weighted by atomic mass is 16.1. The SMILES string of the molecule is CC(C)(C)c1ccc(C(=O)Nc2cccc(C=O)c2)cn1. The molecule has 0 unspecified atom stereocenters. The number of nitrogens with one attached hydrogen (secondary N) is 1. The predicted octanol–water partition coefficient (Wildman–Crippen LogP) is 3.44. The molecule has 0 aliphatic rings. The normalized spacial score (nSPS) is 11.0. The summed E-state index contributed by atoms with van der Waals surface area (Å²) in [6, 6.07) is 10.4. The van der Waals surface area contributed by atoms with Crippen LogP contribution in [-0.4, -0.2) is 17.2 Å². The quantitative estimate of drug-likeness (QED) is 0.877. The van der Waals surface area contributed by atoms with Crippen LogP contribution in [0.5, 0.6) is 0 Å². The Morgan fingerprint density at radius 2 is 1.95 bits per heavy atom. The highest BCUT2D eigenvalue weighted by molar-refractivity contribution is 6.04. The number of nitrogens with zero attached hydrogens (tertiary/aromatic N) is 1. The minimum absolute atomic E-state index is 0.0483. The second-order valence-corrected chi connectivity index (χ2v) is 5.88. The summed E-state index contributed by atoms with van der Waals surface area (Å²) in [4.78, 5) is 27.2. The molecule has 2 aromatic rings. The molecule has 21 heavy (non-hydrogen) atoms. The summed E-state index contributed by atoms with van der Waals surface area (Å²) in [6.07, 6.45) is 2.31. The lowest BCUT2D eigenvalue weighted by molar-refractivity contribution is 0.102. The molecular weight excluding hydrogens is 264 g/mol. The van der Waals surface area contributed by atoms with Crippen LogP contribution in [0.2, 0.25) is 0 Å². The third-order valence-electron chi connectivity index (χ3n) is 3.07. The first-order chi connectivity index (χ1) is 9.90. The number of aromatic nitrogens is 1. The zero-order chi connectivity index (χ0) is 15.5. The van der Waals surface area contributed by atoms with Crippen LogP contribution in [0.1, 0.15) is 47.2 Å². The molecule has 0 aliphatic carbocycles. The molecule has 4 nitrogen and oxygen atoms in total.